The van der Waals surface area contributed by atoms with Crippen molar-refractivity contribution in [3.63, 3.8) is 0 Å². The zero-order chi connectivity index (χ0) is 23.1. The second kappa shape index (κ2) is 15.2. The molecule has 9 heteroatoms. The number of hydrogen-bond donors (Lipinski definition) is 2. The Hall–Kier alpha value is -1.68. The van der Waals surface area contributed by atoms with Crippen LogP contribution < -0.4 is 14.9 Å². The molecule has 1 amide bonds. The predicted octanol–water partition coefficient (Wildman–Crippen LogP) is 3.00. The second-order valence-corrected chi connectivity index (χ2v) is 9.74. The smallest absolute Gasteiger partial charge is 0.224 e. The van der Waals surface area contributed by atoms with Crippen LogP contribution in [-0.2, 0) is 24.3 Å². The summed E-state index contributed by atoms with van der Waals surface area (Å²) in [6.45, 7) is 11.8. The third kappa shape index (κ3) is 11.5. The van der Waals surface area contributed by atoms with E-state index in [1.807, 2.05) is 38.1 Å². The number of hydrogen-bond acceptors (Lipinski definition) is 6. The Morgan fingerprint density at radius 2 is 1.58 bits per heavy atom. The standard InChI is InChI=1S/C22H39N3O5S/c1-5-29-17-15-25(16-18-30-6-2)21-12-10-20(11-13-21)24-22(26)9-7-8-14-23-31(27,28)19(3)4/h10-13,19,23H,5-9,14-18H2,1-4H3,(H,24,26). The molecule has 31 heavy (non-hydrogen) atoms. The van der Waals surface area contributed by atoms with Crippen molar-refractivity contribution in [2.24, 2.45) is 0 Å². The van der Waals surface area contributed by atoms with Gasteiger partial charge in [0.15, 0.2) is 0 Å². The molecule has 178 valence electrons. The Labute approximate surface area is 187 Å². The van der Waals surface area contributed by atoms with Crippen LogP contribution in [0.5, 0.6) is 0 Å². The van der Waals surface area contributed by atoms with E-state index in [1.165, 1.54) is 0 Å². The number of rotatable bonds is 17. The first-order valence-corrected chi connectivity index (χ1v) is 12.6. The number of nitrogens with zero attached hydrogens (tertiary/aromatic N) is 1. The molecule has 2 N–H and O–H groups in total. The van der Waals surface area contributed by atoms with E-state index in [2.05, 4.69) is 14.9 Å². The summed E-state index contributed by atoms with van der Waals surface area (Å²) in [4.78, 5) is 14.4. The van der Waals surface area contributed by atoms with Crippen LogP contribution in [0.1, 0.15) is 47.0 Å². The molecule has 0 unspecified atom stereocenters. The van der Waals surface area contributed by atoms with Gasteiger partial charge < -0.3 is 19.7 Å². The van der Waals surface area contributed by atoms with Crippen LogP contribution in [0, 0.1) is 0 Å². The normalized spacial score (nSPS) is 11.6. The molecule has 0 saturated heterocycles. The van der Waals surface area contributed by atoms with Gasteiger partial charge in [-0.25, -0.2) is 13.1 Å². The van der Waals surface area contributed by atoms with Gasteiger partial charge in [-0.15, -0.1) is 0 Å². The summed E-state index contributed by atoms with van der Waals surface area (Å²) in [7, 11) is -3.24. The maximum atomic E-state index is 12.2. The molecule has 0 saturated carbocycles. The van der Waals surface area contributed by atoms with E-state index < -0.39 is 15.3 Å². The van der Waals surface area contributed by atoms with Crippen LogP contribution in [0.3, 0.4) is 0 Å². The maximum Gasteiger partial charge on any atom is 0.224 e. The number of unbranched alkanes of at least 4 members (excludes halogenated alkanes) is 1. The highest BCUT2D eigenvalue weighted by atomic mass is 32.2. The molecule has 0 atom stereocenters. The molecule has 0 spiro atoms. The number of carbonyl (C=O) groups excluding carboxylic acids is 1. The molecule has 0 heterocycles. The Balaban J connectivity index is 2.45. The zero-order valence-electron chi connectivity index (χ0n) is 19.4. The highest BCUT2D eigenvalue weighted by Gasteiger charge is 2.14. The Morgan fingerprint density at radius 1 is 1.00 bits per heavy atom. The summed E-state index contributed by atoms with van der Waals surface area (Å²) in [6, 6.07) is 7.74. The van der Waals surface area contributed by atoms with Crippen molar-refractivity contribution in [3.8, 4) is 0 Å². The number of amides is 1. The van der Waals surface area contributed by atoms with Gasteiger partial charge in [0.25, 0.3) is 0 Å². The number of carbonyl (C=O) groups is 1. The number of anilines is 2. The number of sulfonamides is 1. The maximum absolute atomic E-state index is 12.2. The molecule has 0 aliphatic carbocycles. The first-order chi connectivity index (χ1) is 14.8. The fraction of sp³-hybridized carbons (Fsp3) is 0.682. The number of nitrogens with one attached hydrogen (secondary N) is 2. The summed E-state index contributed by atoms with van der Waals surface area (Å²) in [5.74, 6) is -0.0796. The van der Waals surface area contributed by atoms with E-state index in [4.69, 9.17) is 9.47 Å². The number of ether oxygens (including phenoxy) is 2. The van der Waals surface area contributed by atoms with Gasteiger partial charge in [0.2, 0.25) is 15.9 Å². The Morgan fingerprint density at radius 3 is 2.10 bits per heavy atom. The van der Waals surface area contributed by atoms with E-state index in [-0.39, 0.29) is 5.91 Å². The van der Waals surface area contributed by atoms with E-state index >= 15 is 0 Å². The van der Waals surface area contributed by atoms with Crippen LogP contribution in [0.25, 0.3) is 0 Å². The molecule has 1 aromatic rings. The predicted molar refractivity (Wildman–Crippen MR) is 126 cm³/mol. The van der Waals surface area contributed by atoms with Crippen LogP contribution in [0.4, 0.5) is 11.4 Å². The summed E-state index contributed by atoms with van der Waals surface area (Å²) >= 11 is 0. The molecular formula is C22H39N3O5S. The lowest BCUT2D eigenvalue weighted by molar-refractivity contribution is -0.116. The Kier molecular flexibility index (Phi) is 13.4. The minimum absolute atomic E-state index is 0.0796. The van der Waals surface area contributed by atoms with E-state index in [1.54, 1.807) is 13.8 Å². The Bertz CT molecular complexity index is 713. The molecule has 1 aromatic carbocycles. The molecule has 0 fully saturated rings. The van der Waals surface area contributed by atoms with Crippen molar-refractivity contribution < 1.29 is 22.7 Å². The largest absolute Gasteiger partial charge is 0.380 e. The van der Waals surface area contributed by atoms with Crippen molar-refractivity contribution in [2.45, 2.75) is 52.2 Å². The average Bonchev–Trinajstić information content (AvgIpc) is 2.73. The van der Waals surface area contributed by atoms with Crippen LogP contribution >= 0.6 is 0 Å². The lowest BCUT2D eigenvalue weighted by Crippen LogP contribution is -2.31. The highest BCUT2D eigenvalue weighted by molar-refractivity contribution is 7.90. The fourth-order valence-electron chi connectivity index (χ4n) is 2.78. The van der Waals surface area contributed by atoms with Gasteiger partial charge in [-0.05, 0) is 64.8 Å². The van der Waals surface area contributed by atoms with Crippen molar-refractivity contribution in [1.29, 1.82) is 0 Å². The van der Waals surface area contributed by atoms with Gasteiger partial charge in [-0.3, -0.25) is 4.79 Å². The van der Waals surface area contributed by atoms with E-state index in [0.717, 1.165) is 24.5 Å². The SMILES string of the molecule is CCOCCN(CCOCC)c1ccc(NC(=O)CCCCNS(=O)(=O)C(C)C)cc1. The third-order valence-electron chi connectivity index (χ3n) is 4.69. The molecule has 1 rings (SSSR count). The first kappa shape index (κ1) is 27.4. The van der Waals surface area contributed by atoms with Gasteiger partial charge in [0.05, 0.1) is 18.5 Å². The van der Waals surface area contributed by atoms with Crippen LogP contribution in [-0.4, -0.2) is 65.6 Å². The van der Waals surface area contributed by atoms with E-state index in [0.29, 0.717) is 52.2 Å². The van der Waals surface area contributed by atoms with Crippen LogP contribution in [0.15, 0.2) is 24.3 Å². The summed E-state index contributed by atoms with van der Waals surface area (Å²) in [5, 5.41) is 2.44. The first-order valence-electron chi connectivity index (χ1n) is 11.1. The van der Waals surface area contributed by atoms with Gasteiger partial charge in [0, 0.05) is 50.6 Å². The fourth-order valence-corrected chi connectivity index (χ4v) is 3.54. The number of benzene rings is 1. The van der Waals surface area contributed by atoms with Gasteiger partial charge in [-0.1, -0.05) is 0 Å². The van der Waals surface area contributed by atoms with Crippen molar-refractivity contribution in [3.05, 3.63) is 24.3 Å². The second-order valence-electron chi connectivity index (χ2n) is 7.42. The minimum atomic E-state index is -3.24. The van der Waals surface area contributed by atoms with Gasteiger partial charge in [0.1, 0.15) is 0 Å². The summed E-state index contributed by atoms with van der Waals surface area (Å²) in [6.07, 6.45) is 1.58. The van der Waals surface area contributed by atoms with Crippen LogP contribution in [0.2, 0.25) is 0 Å². The lowest BCUT2D eigenvalue weighted by Gasteiger charge is -2.25. The molecule has 0 aromatic heterocycles. The molecule has 0 aliphatic rings. The van der Waals surface area contributed by atoms with E-state index in [9.17, 15) is 13.2 Å². The van der Waals surface area contributed by atoms with Crippen molar-refractivity contribution >= 4 is 27.3 Å². The molecule has 0 radical (unpaired) electrons. The third-order valence-corrected chi connectivity index (χ3v) is 6.54. The molecule has 0 bridgehead atoms. The van der Waals surface area contributed by atoms with Crippen molar-refractivity contribution in [1.82, 2.24) is 4.72 Å². The monoisotopic (exact) mass is 457 g/mol. The lowest BCUT2D eigenvalue weighted by atomic mass is 10.2. The highest BCUT2D eigenvalue weighted by Crippen LogP contribution is 2.18. The summed E-state index contributed by atoms with van der Waals surface area (Å²) in [5.41, 5.74) is 1.79. The van der Waals surface area contributed by atoms with Gasteiger partial charge in [-0.2, -0.15) is 0 Å². The van der Waals surface area contributed by atoms with Crippen molar-refractivity contribution in [2.75, 3.05) is 56.3 Å². The molecular weight excluding hydrogens is 418 g/mol. The topological polar surface area (TPSA) is 97.0 Å². The quantitative estimate of drug-likeness (QED) is 0.349. The summed E-state index contributed by atoms with van der Waals surface area (Å²) < 4.78 is 36.9. The minimum Gasteiger partial charge on any atom is -0.380 e. The molecule has 8 nitrogen and oxygen atoms in total. The van der Waals surface area contributed by atoms with Gasteiger partial charge >= 0.3 is 0 Å². The molecule has 0 aliphatic heterocycles. The zero-order valence-corrected chi connectivity index (χ0v) is 20.2. The average molecular weight is 458 g/mol.